The molecule has 26 heavy (non-hydrogen) atoms. The van der Waals surface area contributed by atoms with Crippen molar-refractivity contribution in [3.8, 4) is 0 Å². The molecule has 0 N–H and O–H groups in total. The van der Waals surface area contributed by atoms with E-state index in [4.69, 9.17) is 4.74 Å². The first-order valence-electron chi connectivity index (χ1n) is 9.23. The van der Waals surface area contributed by atoms with Gasteiger partial charge in [-0.15, -0.1) is 0 Å². The van der Waals surface area contributed by atoms with E-state index in [-0.39, 0.29) is 24.3 Å². The molecule has 0 unspecified atom stereocenters. The van der Waals surface area contributed by atoms with E-state index < -0.39 is 5.41 Å². The lowest BCUT2D eigenvalue weighted by molar-refractivity contribution is -0.141. The second-order valence-electron chi connectivity index (χ2n) is 7.61. The van der Waals surface area contributed by atoms with Crippen LogP contribution in [0.2, 0.25) is 0 Å². The Morgan fingerprint density at radius 1 is 1.31 bits per heavy atom. The first-order chi connectivity index (χ1) is 12.5. The molecule has 142 valence electrons. The maximum atomic E-state index is 13.4. The highest BCUT2D eigenvalue weighted by Crippen LogP contribution is 2.49. The first kappa shape index (κ1) is 18.9. The van der Waals surface area contributed by atoms with Crippen molar-refractivity contribution in [3.63, 3.8) is 0 Å². The number of rotatable bonds is 6. The molecule has 0 aliphatic carbocycles. The molecule has 2 saturated heterocycles. The van der Waals surface area contributed by atoms with E-state index in [1.807, 2.05) is 18.2 Å². The summed E-state index contributed by atoms with van der Waals surface area (Å²) in [5, 5.41) is 0. The minimum atomic E-state index is -0.429. The fourth-order valence-electron chi connectivity index (χ4n) is 4.29. The number of hydrogen-bond donors (Lipinski definition) is 0. The van der Waals surface area contributed by atoms with Gasteiger partial charge in [-0.05, 0) is 12.0 Å². The molecular formula is C20H29N3O3. The molecular weight excluding hydrogens is 330 g/mol. The minimum Gasteiger partial charge on any atom is -0.383 e. The second-order valence-corrected chi connectivity index (χ2v) is 7.61. The lowest BCUT2D eigenvalue weighted by atomic mass is 9.73. The number of carbonyl (C=O) groups is 2. The third-order valence-corrected chi connectivity index (χ3v) is 5.79. The van der Waals surface area contributed by atoms with Crippen LogP contribution < -0.4 is 0 Å². The van der Waals surface area contributed by atoms with Crippen molar-refractivity contribution in [3.05, 3.63) is 35.9 Å². The number of ether oxygens (including phenoxy) is 1. The van der Waals surface area contributed by atoms with Crippen LogP contribution in [0.25, 0.3) is 0 Å². The van der Waals surface area contributed by atoms with Crippen LogP contribution in [-0.2, 0) is 14.3 Å². The van der Waals surface area contributed by atoms with Crippen LogP contribution in [0.15, 0.2) is 30.3 Å². The fourth-order valence-corrected chi connectivity index (χ4v) is 4.29. The number of carbonyl (C=O) groups excluding carboxylic acids is 2. The summed E-state index contributed by atoms with van der Waals surface area (Å²) >= 11 is 0. The number of benzene rings is 1. The van der Waals surface area contributed by atoms with Crippen molar-refractivity contribution in [1.82, 2.24) is 14.7 Å². The molecule has 2 aliphatic heterocycles. The number of methoxy groups -OCH3 is 1. The average molecular weight is 359 g/mol. The molecule has 1 aromatic rings. The lowest BCUT2D eigenvalue weighted by Crippen LogP contribution is -2.43. The van der Waals surface area contributed by atoms with Crippen LogP contribution in [-0.4, -0.2) is 87.0 Å². The number of hydrogen-bond acceptors (Lipinski definition) is 4. The predicted octanol–water partition coefficient (Wildman–Crippen LogP) is 1.04. The number of nitrogens with zero attached hydrogens (tertiary/aromatic N) is 3. The number of likely N-dealkylation sites (N-methyl/N-ethyl adjacent to an activating group) is 1. The zero-order valence-electron chi connectivity index (χ0n) is 16.0. The third-order valence-electron chi connectivity index (χ3n) is 5.79. The van der Waals surface area contributed by atoms with Crippen molar-refractivity contribution in [1.29, 1.82) is 0 Å². The molecule has 2 amide bonds. The normalized spacial score (nSPS) is 26.0. The number of likely N-dealkylation sites (tertiary alicyclic amines) is 2. The van der Waals surface area contributed by atoms with Gasteiger partial charge in [0.1, 0.15) is 0 Å². The van der Waals surface area contributed by atoms with Crippen molar-refractivity contribution >= 4 is 11.8 Å². The summed E-state index contributed by atoms with van der Waals surface area (Å²) in [7, 11) is 5.16. The van der Waals surface area contributed by atoms with Crippen LogP contribution >= 0.6 is 0 Å². The van der Waals surface area contributed by atoms with E-state index in [1.54, 1.807) is 31.0 Å². The summed E-state index contributed by atoms with van der Waals surface area (Å²) in [5.41, 5.74) is 0.781. The maximum absolute atomic E-state index is 13.4. The molecule has 1 aromatic carbocycles. The molecule has 3 rings (SSSR count). The van der Waals surface area contributed by atoms with Crippen LogP contribution in [0, 0.1) is 5.41 Å². The summed E-state index contributed by atoms with van der Waals surface area (Å²) in [4.78, 5) is 31.1. The quantitative estimate of drug-likeness (QED) is 0.762. The zero-order chi connectivity index (χ0) is 18.7. The van der Waals surface area contributed by atoms with Crippen LogP contribution in [0.1, 0.15) is 17.9 Å². The van der Waals surface area contributed by atoms with Crippen LogP contribution in [0.5, 0.6) is 0 Å². The zero-order valence-corrected chi connectivity index (χ0v) is 16.0. The van der Waals surface area contributed by atoms with Gasteiger partial charge in [0.2, 0.25) is 11.8 Å². The van der Waals surface area contributed by atoms with Gasteiger partial charge >= 0.3 is 0 Å². The largest absolute Gasteiger partial charge is 0.383 e. The molecule has 6 nitrogen and oxygen atoms in total. The Morgan fingerprint density at radius 3 is 2.69 bits per heavy atom. The van der Waals surface area contributed by atoms with Gasteiger partial charge in [0.05, 0.1) is 18.6 Å². The fraction of sp³-hybridized carbons (Fsp3) is 0.600. The molecule has 2 atom stereocenters. The highest BCUT2D eigenvalue weighted by Gasteiger charge is 2.57. The van der Waals surface area contributed by atoms with E-state index in [0.29, 0.717) is 13.2 Å². The van der Waals surface area contributed by atoms with Gasteiger partial charge in [-0.3, -0.25) is 14.5 Å². The van der Waals surface area contributed by atoms with Gasteiger partial charge in [0, 0.05) is 53.3 Å². The van der Waals surface area contributed by atoms with Crippen LogP contribution in [0.4, 0.5) is 0 Å². The molecule has 2 aliphatic rings. The molecule has 0 aromatic heterocycles. The summed E-state index contributed by atoms with van der Waals surface area (Å²) in [5.74, 6) is 0.259. The SMILES string of the molecule is COCCN1C[C@@H](c2ccccc2)[C@@]2(CCN(CC(=O)N(C)C)C2=O)C1. The van der Waals surface area contributed by atoms with Gasteiger partial charge in [-0.2, -0.15) is 0 Å². The van der Waals surface area contributed by atoms with E-state index in [1.165, 1.54) is 5.56 Å². The Kier molecular flexibility index (Phi) is 5.63. The highest BCUT2D eigenvalue weighted by molar-refractivity contribution is 5.90. The molecule has 0 bridgehead atoms. The second kappa shape index (κ2) is 7.76. The van der Waals surface area contributed by atoms with E-state index >= 15 is 0 Å². The van der Waals surface area contributed by atoms with Crippen LogP contribution in [0.3, 0.4) is 0 Å². The molecule has 0 saturated carbocycles. The molecule has 6 heteroatoms. The van der Waals surface area contributed by atoms with E-state index in [0.717, 1.165) is 26.1 Å². The van der Waals surface area contributed by atoms with Gasteiger partial charge in [-0.1, -0.05) is 30.3 Å². The highest BCUT2D eigenvalue weighted by atomic mass is 16.5. The van der Waals surface area contributed by atoms with Crippen molar-refractivity contribution in [2.24, 2.45) is 5.41 Å². The smallest absolute Gasteiger partial charge is 0.241 e. The average Bonchev–Trinajstić information content (AvgIpc) is 3.16. The summed E-state index contributed by atoms with van der Waals surface area (Å²) in [6.07, 6.45) is 0.801. The Labute approximate surface area is 155 Å². The topological polar surface area (TPSA) is 53.1 Å². The van der Waals surface area contributed by atoms with Gasteiger partial charge in [0.15, 0.2) is 0 Å². The Morgan fingerprint density at radius 2 is 2.04 bits per heavy atom. The number of amides is 2. The third kappa shape index (κ3) is 3.48. The Balaban J connectivity index is 1.84. The van der Waals surface area contributed by atoms with Crippen molar-refractivity contribution in [2.45, 2.75) is 12.3 Å². The van der Waals surface area contributed by atoms with E-state index in [9.17, 15) is 9.59 Å². The van der Waals surface area contributed by atoms with Crippen molar-refractivity contribution < 1.29 is 14.3 Å². The Bertz CT molecular complexity index is 649. The van der Waals surface area contributed by atoms with Gasteiger partial charge in [0.25, 0.3) is 0 Å². The molecule has 2 fully saturated rings. The lowest BCUT2D eigenvalue weighted by Gasteiger charge is -2.29. The standard InChI is InChI=1S/C20H29N3O3/c1-21(2)18(24)14-23-10-9-20(19(23)25)15-22(11-12-26-3)13-17(20)16-7-5-4-6-8-16/h4-8,17H,9-15H2,1-3H3/t17-,20+/m0/s1. The summed E-state index contributed by atoms with van der Waals surface area (Å²) in [6, 6.07) is 10.3. The molecule has 1 spiro atoms. The summed E-state index contributed by atoms with van der Waals surface area (Å²) < 4.78 is 5.24. The first-order valence-corrected chi connectivity index (χ1v) is 9.23. The van der Waals surface area contributed by atoms with Crippen molar-refractivity contribution in [2.75, 3.05) is 60.5 Å². The minimum absolute atomic E-state index is 0.0269. The predicted molar refractivity (Wildman–Crippen MR) is 99.8 cm³/mol. The summed E-state index contributed by atoms with van der Waals surface area (Å²) in [6.45, 7) is 3.91. The Hall–Kier alpha value is -1.92. The van der Waals surface area contributed by atoms with Gasteiger partial charge < -0.3 is 14.5 Å². The van der Waals surface area contributed by atoms with Gasteiger partial charge in [-0.25, -0.2) is 0 Å². The molecule has 0 radical (unpaired) electrons. The molecule has 2 heterocycles. The monoisotopic (exact) mass is 359 g/mol. The maximum Gasteiger partial charge on any atom is 0.241 e. The van der Waals surface area contributed by atoms with E-state index in [2.05, 4.69) is 17.0 Å².